The zero-order valence-corrected chi connectivity index (χ0v) is 12.2. The molecule has 0 aliphatic rings. The third-order valence-corrected chi connectivity index (χ3v) is 3.23. The van der Waals surface area contributed by atoms with Gasteiger partial charge < -0.3 is 15.2 Å². The van der Waals surface area contributed by atoms with Gasteiger partial charge in [-0.05, 0) is 36.6 Å². The molecule has 0 aliphatic carbocycles. The van der Waals surface area contributed by atoms with Crippen molar-refractivity contribution in [2.24, 2.45) is 5.73 Å². The van der Waals surface area contributed by atoms with Gasteiger partial charge in [-0.25, -0.2) is 0 Å². The van der Waals surface area contributed by atoms with Crippen LogP contribution in [0.5, 0.6) is 11.5 Å². The molecule has 2 rings (SSSR count). The second-order valence-electron chi connectivity index (χ2n) is 4.92. The number of hydrogen-bond acceptors (Lipinski definition) is 3. The molecule has 0 aromatic heterocycles. The lowest BCUT2D eigenvalue weighted by atomic mass is 10.00. The standard InChI is InChI=1S/C17H21NO2/c1-12(18)11-13-7-9-14(10-8-13)17-15(19-2)5-4-6-16(17)20-3/h4-10,12H,11,18H2,1-3H3. The van der Waals surface area contributed by atoms with Crippen LogP contribution >= 0.6 is 0 Å². The third kappa shape index (κ3) is 3.11. The molecule has 1 unspecified atom stereocenters. The highest BCUT2D eigenvalue weighted by Gasteiger charge is 2.12. The molecule has 0 aliphatic heterocycles. The number of nitrogens with two attached hydrogens (primary N) is 1. The van der Waals surface area contributed by atoms with E-state index in [-0.39, 0.29) is 6.04 Å². The summed E-state index contributed by atoms with van der Waals surface area (Å²) in [4.78, 5) is 0. The minimum Gasteiger partial charge on any atom is -0.496 e. The Bertz CT molecular complexity index is 539. The molecule has 0 saturated carbocycles. The lowest BCUT2D eigenvalue weighted by Crippen LogP contribution is -2.17. The summed E-state index contributed by atoms with van der Waals surface area (Å²) in [5, 5.41) is 0. The van der Waals surface area contributed by atoms with E-state index in [1.165, 1.54) is 5.56 Å². The van der Waals surface area contributed by atoms with Crippen LogP contribution < -0.4 is 15.2 Å². The van der Waals surface area contributed by atoms with E-state index in [0.717, 1.165) is 29.0 Å². The molecular weight excluding hydrogens is 250 g/mol. The van der Waals surface area contributed by atoms with Gasteiger partial charge in [0, 0.05) is 6.04 Å². The molecule has 0 bridgehead atoms. The number of ether oxygens (including phenoxy) is 2. The second kappa shape index (κ2) is 6.44. The third-order valence-electron chi connectivity index (χ3n) is 3.23. The first-order valence-corrected chi connectivity index (χ1v) is 6.71. The van der Waals surface area contributed by atoms with Gasteiger partial charge >= 0.3 is 0 Å². The van der Waals surface area contributed by atoms with Crippen molar-refractivity contribution in [2.45, 2.75) is 19.4 Å². The molecule has 0 fully saturated rings. The van der Waals surface area contributed by atoms with Crippen molar-refractivity contribution in [3.63, 3.8) is 0 Å². The van der Waals surface area contributed by atoms with Gasteiger partial charge in [0.1, 0.15) is 11.5 Å². The molecule has 2 aromatic rings. The predicted octanol–water partition coefficient (Wildman–Crippen LogP) is 3.26. The number of rotatable bonds is 5. The van der Waals surface area contributed by atoms with Crippen molar-refractivity contribution < 1.29 is 9.47 Å². The molecule has 3 heteroatoms. The summed E-state index contributed by atoms with van der Waals surface area (Å²) in [6, 6.07) is 14.3. The van der Waals surface area contributed by atoms with Gasteiger partial charge in [0.05, 0.1) is 19.8 Å². The highest BCUT2D eigenvalue weighted by atomic mass is 16.5. The Morgan fingerprint density at radius 1 is 0.950 bits per heavy atom. The van der Waals surface area contributed by atoms with Gasteiger partial charge in [-0.3, -0.25) is 0 Å². The van der Waals surface area contributed by atoms with E-state index in [0.29, 0.717) is 0 Å². The summed E-state index contributed by atoms with van der Waals surface area (Å²) in [5.41, 5.74) is 9.11. The zero-order valence-electron chi connectivity index (χ0n) is 12.2. The Hall–Kier alpha value is -2.00. The highest BCUT2D eigenvalue weighted by Crippen LogP contribution is 2.38. The molecule has 2 N–H and O–H groups in total. The van der Waals surface area contributed by atoms with E-state index in [4.69, 9.17) is 15.2 Å². The van der Waals surface area contributed by atoms with E-state index < -0.39 is 0 Å². The van der Waals surface area contributed by atoms with Crippen LogP contribution in [0.3, 0.4) is 0 Å². The minimum absolute atomic E-state index is 0.168. The number of methoxy groups -OCH3 is 2. The van der Waals surface area contributed by atoms with Crippen molar-refractivity contribution in [3.05, 3.63) is 48.0 Å². The first-order valence-electron chi connectivity index (χ1n) is 6.71. The monoisotopic (exact) mass is 271 g/mol. The van der Waals surface area contributed by atoms with Gasteiger partial charge in [-0.2, -0.15) is 0 Å². The van der Waals surface area contributed by atoms with Crippen LogP contribution in [-0.2, 0) is 6.42 Å². The van der Waals surface area contributed by atoms with E-state index in [9.17, 15) is 0 Å². The normalized spacial score (nSPS) is 12.0. The summed E-state index contributed by atoms with van der Waals surface area (Å²) in [5.74, 6) is 1.62. The van der Waals surface area contributed by atoms with Crippen molar-refractivity contribution >= 4 is 0 Å². The van der Waals surface area contributed by atoms with Crippen molar-refractivity contribution in [1.82, 2.24) is 0 Å². The fraction of sp³-hybridized carbons (Fsp3) is 0.294. The molecule has 1 atom stereocenters. The zero-order chi connectivity index (χ0) is 14.5. The quantitative estimate of drug-likeness (QED) is 0.907. The Kier molecular flexibility index (Phi) is 4.64. The van der Waals surface area contributed by atoms with Crippen LogP contribution in [0.4, 0.5) is 0 Å². The maximum absolute atomic E-state index is 5.82. The second-order valence-corrected chi connectivity index (χ2v) is 4.92. The Morgan fingerprint density at radius 2 is 1.50 bits per heavy atom. The van der Waals surface area contributed by atoms with E-state index >= 15 is 0 Å². The predicted molar refractivity (Wildman–Crippen MR) is 82.3 cm³/mol. The maximum atomic E-state index is 5.82. The van der Waals surface area contributed by atoms with Crippen LogP contribution in [-0.4, -0.2) is 20.3 Å². The van der Waals surface area contributed by atoms with E-state index in [1.807, 2.05) is 25.1 Å². The number of benzene rings is 2. The van der Waals surface area contributed by atoms with Crippen LogP contribution in [0.25, 0.3) is 11.1 Å². The lowest BCUT2D eigenvalue weighted by Gasteiger charge is -2.14. The molecule has 3 nitrogen and oxygen atoms in total. The maximum Gasteiger partial charge on any atom is 0.130 e. The van der Waals surface area contributed by atoms with E-state index in [2.05, 4.69) is 24.3 Å². The molecule has 0 spiro atoms. The van der Waals surface area contributed by atoms with Crippen LogP contribution in [0.2, 0.25) is 0 Å². The first kappa shape index (κ1) is 14.4. The van der Waals surface area contributed by atoms with Gasteiger partial charge in [0.2, 0.25) is 0 Å². The van der Waals surface area contributed by atoms with Crippen LogP contribution in [0, 0.1) is 0 Å². The first-order chi connectivity index (χ1) is 9.65. The van der Waals surface area contributed by atoms with Crippen LogP contribution in [0.1, 0.15) is 12.5 Å². The average Bonchev–Trinajstić information content (AvgIpc) is 2.46. The van der Waals surface area contributed by atoms with Gasteiger partial charge in [-0.15, -0.1) is 0 Å². The topological polar surface area (TPSA) is 44.5 Å². The summed E-state index contributed by atoms with van der Waals surface area (Å²) in [6.45, 7) is 2.01. The molecule has 2 aromatic carbocycles. The fourth-order valence-electron chi connectivity index (χ4n) is 2.32. The van der Waals surface area contributed by atoms with Crippen molar-refractivity contribution in [2.75, 3.05) is 14.2 Å². The number of hydrogen-bond donors (Lipinski definition) is 1. The van der Waals surface area contributed by atoms with Crippen molar-refractivity contribution in [3.8, 4) is 22.6 Å². The summed E-state index contributed by atoms with van der Waals surface area (Å²) >= 11 is 0. The van der Waals surface area contributed by atoms with E-state index in [1.54, 1.807) is 14.2 Å². The highest BCUT2D eigenvalue weighted by molar-refractivity contribution is 5.77. The molecular formula is C17H21NO2. The smallest absolute Gasteiger partial charge is 0.130 e. The largest absolute Gasteiger partial charge is 0.496 e. The molecule has 106 valence electrons. The Morgan fingerprint density at radius 3 is 1.95 bits per heavy atom. The molecule has 20 heavy (non-hydrogen) atoms. The molecule has 0 heterocycles. The fourth-order valence-corrected chi connectivity index (χ4v) is 2.32. The summed E-state index contributed by atoms with van der Waals surface area (Å²) < 4.78 is 10.9. The minimum atomic E-state index is 0.168. The summed E-state index contributed by atoms with van der Waals surface area (Å²) in [7, 11) is 3.34. The SMILES string of the molecule is COc1cccc(OC)c1-c1ccc(CC(C)N)cc1. The van der Waals surface area contributed by atoms with Gasteiger partial charge in [0.25, 0.3) is 0 Å². The van der Waals surface area contributed by atoms with Gasteiger partial charge in [-0.1, -0.05) is 30.3 Å². The lowest BCUT2D eigenvalue weighted by molar-refractivity contribution is 0.397. The molecule has 0 saturated heterocycles. The Labute approximate surface area is 120 Å². The van der Waals surface area contributed by atoms with Crippen molar-refractivity contribution in [1.29, 1.82) is 0 Å². The molecule has 0 amide bonds. The molecule has 0 radical (unpaired) electrons. The average molecular weight is 271 g/mol. The van der Waals surface area contributed by atoms with Gasteiger partial charge in [0.15, 0.2) is 0 Å². The summed E-state index contributed by atoms with van der Waals surface area (Å²) in [6.07, 6.45) is 0.878. The van der Waals surface area contributed by atoms with Crippen LogP contribution in [0.15, 0.2) is 42.5 Å². The Balaban J connectivity index is 2.40.